The summed E-state index contributed by atoms with van der Waals surface area (Å²) < 4.78 is 1.75. The first-order valence-electron chi connectivity index (χ1n) is 7.24. The molecule has 2 aromatic carbocycles. The summed E-state index contributed by atoms with van der Waals surface area (Å²) >= 11 is 6.08. The normalized spacial score (nSPS) is 10.6. The number of para-hydroxylation sites is 1. The van der Waals surface area contributed by atoms with Crippen LogP contribution in [0.1, 0.15) is 21.7 Å². The Morgan fingerprint density at radius 1 is 1.09 bits per heavy atom. The number of rotatable bonds is 3. The number of benzene rings is 2. The Kier molecular flexibility index (Phi) is 4.17. The second-order valence-electron chi connectivity index (χ2n) is 5.34. The molecule has 0 spiro atoms. The summed E-state index contributed by atoms with van der Waals surface area (Å²) in [5, 5.41) is 7.83. The number of aryl methyl sites for hydroxylation is 2. The van der Waals surface area contributed by atoms with Crippen molar-refractivity contribution in [3.8, 4) is 5.69 Å². The number of halogens is 1. The van der Waals surface area contributed by atoms with Gasteiger partial charge in [0.05, 0.1) is 5.69 Å². The third kappa shape index (κ3) is 3.27. The van der Waals surface area contributed by atoms with Crippen LogP contribution in [0.5, 0.6) is 0 Å². The number of carbonyl (C=O) groups excluding carboxylic acids is 1. The number of nitrogens with one attached hydrogen (secondary N) is 1. The van der Waals surface area contributed by atoms with E-state index < -0.39 is 0 Å². The molecular formula is C18H16ClN3O. The van der Waals surface area contributed by atoms with E-state index in [0.717, 1.165) is 16.9 Å². The summed E-state index contributed by atoms with van der Waals surface area (Å²) in [7, 11) is 0. The fourth-order valence-corrected chi connectivity index (χ4v) is 2.46. The van der Waals surface area contributed by atoms with Gasteiger partial charge in [0.25, 0.3) is 5.91 Å². The lowest BCUT2D eigenvalue weighted by atomic mass is 10.2. The number of hydrogen-bond donors (Lipinski definition) is 1. The molecule has 3 rings (SSSR count). The van der Waals surface area contributed by atoms with Crippen molar-refractivity contribution in [1.82, 2.24) is 9.78 Å². The summed E-state index contributed by atoms with van der Waals surface area (Å²) in [4.78, 5) is 12.4. The molecule has 1 heterocycles. The predicted octanol–water partition coefficient (Wildman–Crippen LogP) is 4.39. The van der Waals surface area contributed by atoms with E-state index in [4.69, 9.17) is 11.6 Å². The second kappa shape index (κ2) is 6.26. The van der Waals surface area contributed by atoms with E-state index in [1.807, 2.05) is 56.3 Å². The Balaban J connectivity index is 1.84. The fourth-order valence-electron chi connectivity index (χ4n) is 2.28. The average Bonchev–Trinajstić information content (AvgIpc) is 2.94. The molecule has 0 aliphatic carbocycles. The van der Waals surface area contributed by atoms with Crippen LogP contribution in [0.2, 0.25) is 5.02 Å². The summed E-state index contributed by atoms with van der Waals surface area (Å²) in [6.07, 6.45) is 0. The van der Waals surface area contributed by atoms with Gasteiger partial charge in [-0.3, -0.25) is 4.79 Å². The molecule has 0 fully saturated rings. The zero-order valence-electron chi connectivity index (χ0n) is 12.9. The molecule has 0 saturated heterocycles. The van der Waals surface area contributed by atoms with Crippen LogP contribution in [0.15, 0.2) is 54.6 Å². The Morgan fingerprint density at radius 2 is 1.83 bits per heavy atom. The Bertz CT molecular complexity index is 856. The number of carbonyl (C=O) groups is 1. The molecule has 1 aromatic heterocycles. The molecule has 23 heavy (non-hydrogen) atoms. The van der Waals surface area contributed by atoms with Gasteiger partial charge >= 0.3 is 0 Å². The molecule has 4 nitrogen and oxygen atoms in total. The lowest BCUT2D eigenvalue weighted by Crippen LogP contribution is -2.13. The summed E-state index contributed by atoms with van der Waals surface area (Å²) in [6.45, 7) is 3.83. The molecule has 0 bridgehead atoms. The highest BCUT2D eigenvalue weighted by molar-refractivity contribution is 6.31. The molecule has 1 amide bonds. The van der Waals surface area contributed by atoms with Crippen molar-refractivity contribution in [3.63, 3.8) is 0 Å². The van der Waals surface area contributed by atoms with Crippen LogP contribution in [-0.2, 0) is 0 Å². The minimum absolute atomic E-state index is 0.261. The van der Waals surface area contributed by atoms with Crippen molar-refractivity contribution in [2.75, 3.05) is 5.32 Å². The lowest BCUT2D eigenvalue weighted by molar-refractivity contribution is 0.102. The van der Waals surface area contributed by atoms with E-state index in [0.29, 0.717) is 16.4 Å². The second-order valence-corrected chi connectivity index (χ2v) is 5.74. The molecule has 116 valence electrons. The number of amides is 1. The highest BCUT2D eigenvalue weighted by atomic mass is 35.5. The summed E-state index contributed by atoms with van der Waals surface area (Å²) in [6, 6.07) is 16.9. The first-order chi connectivity index (χ1) is 11.0. The monoisotopic (exact) mass is 325 g/mol. The van der Waals surface area contributed by atoms with E-state index in [1.54, 1.807) is 16.8 Å². The van der Waals surface area contributed by atoms with Gasteiger partial charge in [0.1, 0.15) is 0 Å². The first-order valence-corrected chi connectivity index (χ1v) is 7.62. The largest absolute Gasteiger partial charge is 0.321 e. The minimum Gasteiger partial charge on any atom is -0.321 e. The maximum atomic E-state index is 12.4. The third-order valence-corrected chi connectivity index (χ3v) is 3.96. The van der Waals surface area contributed by atoms with Crippen LogP contribution < -0.4 is 5.32 Å². The zero-order chi connectivity index (χ0) is 16.4. The van der Waals surface area contributed by atoms with Crippen LogP contribution in [0.25, 0.3) is 5.69 Å². The molecule has 1 N–H and O–H groups in total. The molecule has 0 aliphatic heterocycles. The van der Waals surface area contributed by atoms with Crippen molar-refractivity contribution in [2.45, 2.75) is 13.8 Å². The van der Waals surface area contributed by atoms with Crippen molar-refractivity contribution in [3.05, 3.63) is 76.6 Å². The molecule has 5 heteroatoms. The van der Waals surface area contributed by atoms with E-state index >= 15 is 0 Å². The minimum atomic E-state index is -0.261. The number of nitrogens with zero attached hydrogens (tertiary/aromatic N) is 2. The predicted molar refractivity (Wildman–Crippen MR) is 92.4 cm³/mol. The van der Waals surface area contributed by atoms with Crippen molar-refractivity contribution in [1.29, 1.82) is 0 Å². The van der Waals surface area contributed by atoms with Gasteiger partial charge in [0, 0.05) is 16.4 Å². The van der Waals surface area contributed by atoms with Gasteiger partial charge in [-0.2, -0.15) is 5.10 Å². The molecule has 0 saturated carbocycles. The Hall–Kier alpha value is -2.59. The quantitative estimate of drug-likeness (QED) is 0.776. The van der Waals surface area contributed by atoms with Gasteiger partial charge in [0.15, 0.2) is 5.69 Å². The molecule has 0 atom stereocenters. The van der Waals surface area contributed by atoms with Gasteiger partial charge in [-0.25, -0.2) is 4.68 Å². The fraction of sp³-hybridized carbons (Fsp3) is 0.111. The number of hydrogen-bond acceptors (Lipinski definition) is 2. The summed E-state index contributed by atoms with van der Waals surface area (Å²) in [5.74, 6) is -0.261. The van der Waals surface area contributed by atoms with Crippen LogP contribution in [0, 0.1) is 13.8 Å². The van der Waals surface area contributed by atoms with Gasteiger partial charge in [-0.15, -0.1) is 0 Å². The maximum absolute atomic E-state index is 12.4. The Morgan fingerprint density at radius 3 is 2.52 bits per heavy atom. The lowest BCUT2D eigenvalue weighted by Gasteiger charge is -2.05. The van der Waals surface area contributed by atoms with Crippen LogP contribution in [-0.4, -0.2) is 15.7 Å². The van der Waals surface area contributed by atoms with Crippen LogP contribution in [0.4, 0.5) is 5.69 Å². The van der Waals surface area contributed by atoms with E-state index in [1.165, 1.54) is 0 Å². The van der Waals surface area contributed by atoms with E-state index in [2.05, 4.69) is 10.4 Å². The Labute approximate surface area is 139 Å². The molecule has 0 aliphatic rings. The van der Waals surface area contributed by atoms with Crippen LogP contribution >= 0.6 is 11.6 Å². The highest BCUT2D eigenvalue weighted by Gasteiger charge is 2.13. The smallest absolute Gasteiger partial charge is 0.276 e. The van der Waals surface area contributed by atoms with Crippen LogP contribution in [0.3, 0.4) is 0 Å². The standard InChI is InChI=1S/C18H16ClN3O/c1-12-8-9-14(11-16(12)19)20-18(23)17-10-13(2)22(21-17)15-6-4-3-5-7-15/h3-11H,1-2H3,(H,20,23). The van der Waals surface area contributed by atoms with Gasteiger partial charge < -0.3 is 5.32 Å². The molecule has 0 radical (unpaired) electrons. The maximum Gasteiger partial charge on any atom is 0.276 e. The molecular weight excluding hydrogens is 310 g/mol. The van der Waals surface area contributed by atoms with E-state index in [-0.39, 0.29) is 5.91 Å². The summed E-state index contributed by atoms with van der Waals surface area (Å²) in [5.41, 5.74) is 3.79. The topological polar surface area (TPSA) is 46.9 Å². The van der Waals surface area contributed by atoms with Crippen molar-refractivity contribution >= 4 is 23.2 Å². The van der Waals surface area contributed by atoms with Crippen molar-refractivity contribution in [2.24, 2.45) is 0 Å². The van der Waals surface area contributed by atoms with Gasteiger partial charge in [0.2, 0.25) is 0 Å². The van der Waals surface area contributed by atoms with Gasteiger partial charge in [-0.1, -0.05) is 35.9 Å². The number of anilines is 1. The third-order valence-electron chi connectivity index (χ3n) is 3.55. The molecule has 0 unspecified atom stereocenters. The van der Waals surface area contributed by atoms with E-state index in [9.17, 15) is 4.79 Å². The van der Waals surface area contributed by atoms with Gasteiger partial charge in [-0.05, 0) is 49.7 Å². The van der Waals surface area contributed by atoms with Crippen molar-refractivity contribution < 1.29 is 4.79 Å². The highest BCUT2D eigenvalue weighted by Crippen LogP contribution is 2.20. The first kappa shape index (κ1) is 15.3. The SMILES string of the molecule is Cc1ccc(NC(=O)c2cc(C)n(-c3ccccc3)n2)cc1Cl. The number of aromatic nitrogens is 2. The molecule has 3 aromatic rings. The zero-order valence-corrected chi connectivity index (χ0v) is 13.6. The average molecular weight is 326 g/mol.